The molecule has 0 aliphatic carbocycles. The first kappa shape index (κ1) is 23.6. The number of methoxy groups -OCH3 is 1. The second kappa shape index (κ2) is 10.6. The molecule has 0 amide bonds. The van der Waals surface area contributed by atoms with Crippen LogP contribution < -0.4 is 4.74 Å². The van der Waals surface area contributed by atoms with E-state index in [1.165, 1.54) is 17.3 Å². The van der Waals surface area contributed by atoms with Crippen molar-refractivity contribution in [1.82, 2.24) is 24.9 Å². The summed E-state index contributed by atoms with van der Waals surface area (Å²) in [5.74, 6) is 3.74. The average Bonchev–Trinajstić information content (AvgIpc) is 3.65. The van der Waals surface area contributed by atoms with E-state index in [1.807, 2.05) is 36.4 Å². The molecule has 0 unspecified atom stereocenters. The van der Waals surface area contributed by atoms with Crippen LogP contribution in [0.4, 0.5) is 0 Å². The molecule has 3 heterocycles. The average molecular weight is 492 g/mol. The molecule has 0 N–H and O–H groups in total. The maximum Gasteiger partial charge on any atom is 0.237 e. The fourth-order valence-corrected chi connectivity index (χ4v) is 4.87. The van der Waals surface area contributed by atoms with Crippen molar-refractivity contribution < 1.29 is 14.0 Å². The molecule has 8 nitrogen and oxygen atoms in total. The van der Waals surface area contributed by atoms with Crippen molar-refractivity contribution in [1.29, 1.82) is 0 Å². The van der Waals surface area contributed by atoms with Crippen LogP contribution in [0.3, 0.4) is 0 Å². The summed E-state index contributed by atoms with van der Waals surface area (Å²) in [6.07, 6.45) is 2.27. The molecule has 1 atom stereocenters. The van der Waals surface area contributed by atoms with Gasteiger partial charge in [-0.15, -0.1) is 10.2 Å². The number of nitrogens with zero attached hydrogens (tertiary/aromatic N) is 5. The minimum Gasteiger partial charge on any atom is -0.497 e. The third-order valence-corrected chi connectivity index (χ3v) is 7.06. The monoisotopic (exact) mass is 491 g/mol. The first-order valence-electron chi connectivity index (χ1n) is 11.9. The molecule has 0 spiro atoms. The Hall–Kier alpha value is -3.17. The number of benzene rings is 2. The Morgan fingerprint density at radius 3 is 2.51 bits per heavy atom. The lowest BCUT2D eigenvalue weighted by atomic mass is 10.0. The van der Waals surface area contributed by atoms with Gasteiger partial charge in [-0.3, -0.25) is 4.57 Å². The first-order valence-corrected chi connectivity index (χ1v) is 12.8. The number of ether oxygens (including phenoxy) is 2. The van der Waals surface area contributed by atoms with E-state index >= 15 is 0 Å². The molecule has 1 fully saturated rings. The molecule has 0 bridgehead atoms. The molecule has 5 rings (SSSR count). The summed E-state index contributed by atoms with van der Waals surface area (Å²) in [5.41, 5.74) is 3.21. The highest BCUT2D eigenvalue weighted by Gasteiger charge is 2.22. The van der Waals surface area contributed by atoms with Gasteiger partial charge in [-0.1, -0.05) is 55.0 Å². The maximum atomic E-state index is 5.90. The number of hydrogen-bond acceptors (Lipinski definition) is 8. The molecule has 2 aromatic carbocycles. The van der Waals surface area contributed by atoms with Crippen LogP contribution in [0, 0.1) is 0 Å². The quantitative estimate of drug-likeness (QED) is 0.280. The molecule has 1 aliphatic heterocycles. The Kier molecular flexibility index (Phi) is 7.15. The fraction of sp³-hybridized carbons (Fsp3) is 0.385. The summed E-state index contributed by atoms with van der Waals surface area (Å²) in [7, 11) is 1.66. The predicted molar refractivity (Wildman–Crippen MR) is 134 cm³/mol. The van der Waals surface area contributed by atoms with E-state index in [-0.39, 0.29) is 6.10 Å². The number of rotatable bonds is 9. The van der Waals surface area contributed by atoms with Crippen molar-refractivity contribution >= 4 is 11.8 Å². The zero-order valence-electron chi connectivity index (χ0n) is 20.2. The Bertz CT molecular complexity index is 1240. The lowest BCUT2D eigenvalue weighted by Gasteiger charge is -2.14. The van der Waals surface area contributed by atoms with Crippen molar-refractivity contribution in [2.24, 2.45) is 0 Å². The van der Waals surface area contributed by atoms with E-state index in [4.69, 9.17) is 14.0 Å². The maximum absolute atomic E-state index is 5.90. The van der Waals surface area contributed by atoms with Gasteiger partial charge in [0.05, 0.1) is 25.5 Å². The van der Waals surface area contributed by atoms with Gasteiger partial charge < -0.3 is 14.0 Å². The van der Waals surface area contributed by atoms with Gasteiger partial charge in [-0.05, 0) is 48.6 Å². The van der Waals surface area contributed by atoms with Crippen molar-refractivity contribution in [3.63, 3.8) is 0 Å². The summed E-state index contributed by atoms with van der Waals surface area (Å²) in [5, 5.41) is 14.0. The second-order valence-electron chi connectivity index (χ2n) is 8.86. The zero-order chi connectivity index (χ0) is 24.2. The van der Waals surface area contributed by atoms with E-state index in [0.29, 0.717) is 29.9 Å². The summed E-state index contributed by atoms with van der Waals surface area (Å²) >= 11 is 1.53. The first-order chi connectivity index (χ1) is 17.1. The highest BCUT2D eigenvalue weighted by atomic mass is 32.2. The predicted octanol–water partition coefficient (Wildman–Crippen LogP) is 5.60. The van der Waals surface area contributed by atoms with Gasteiger partial charge in [0.1, 0.15) is 5.75 Å². The van der Waals surface area contributed by atoms with Gasteiger partial charge in [0.15, 0.2) is 11.0 Å². The van der Waals surface area contributed by atoms with E-state index in [0.717, 1.165) is 47.3 Å². The topological polar surface area (TPSA) is 88.1 Å². The largest absolute Gasteiger partial charge is 0.497 e. The van der Waals surface area contributed by atoms with E-state index in [2.05, 4.69) is 50.9 Å². The van der Waals surface area contributed by atoms with Crippen LogP contribution in [-0.2, 0) is 17.0 Å². The minimum absolute atomic E-state index is 0.158. The van der Waals surface area contributed by atoms with Crippen molar-refractivity contribution in [2.75, 3.05) is 13.7 Å². The SMILES string of the molecule is COc1ccc(-c2nnc(SCc3nc(-c4ccc(C(C)C)cc4)no3)n2C[C@@H]2CCCO2)cc1. The molecule has 1 saturated heterocycles. The van der Waals surface area contributed by atoms with Crippen LogP contribution >= 0.6 is 11.8 Å². The fourth-order valence-electron chi connectivity index (χ4n) is 4.08. The van der Waals surface area contributed by atoms with Crippen LogP contribution in [0.5, 0.6) is 5.75 Å². The molecule has 0 radical (unpaired) electrons. The molecule has 0 saturated carbocycles. The molecular formula is C26H29N5O3S. The summed E-state index contributed by atoms with van der Waals surface area (Å²) in [6, 6.07) is 16.2. The minimum atomic E-state index is 0.158. The van der Waals surface area contributed by atoms with Gasteiger partial charge >= 0.3 is 0 Å². The third kappa shape index (κ3) is 5.41. The van der Waals surface area contributed by atoms with Crippen LogP contribution in [-0.4, -0.2) is 44.7 Å². The van der Waals surface area contributed by atoms with Crippen molar-refractivity contribution in [2.45, 2.75) is 56.2 Å². The number of aromatic nitrogens is 5. The molecule has 4 aromatic rings. The summed E-state index contributed by atoms with van der Waals surface area (Å²) in [4.78, 5) is 4.59. The van der Waals surface area contributed by atoms with Gasteiger partial charge in [0.2, 0.25) is 11.7 Å². The summed E-state index contributed by atoms with van der Waals surface area (Å²) < 4.78 is 18.9. The van der Waals surface area contributed by atoms with Crippen molar-refractivity contribution in [3.8, 4) is 28.5 Å². The standard InChI is InChI=1S/C26H29N5O3S/c1-17(2)18-6-8-19(9-7-18)24-27-23(34-30-24)16-35-26-29-28-25(20-10-12-21(32-3)13-11-20)31(26)15-22-5-4-14-33-22/h6-13,17,22H,4-5,14-16H2,1-3H3/t22-/m0/s1. The van der Waals surface area contributed by atoms with Crippen LogP contribution in [0.2, 0.25) is 0 Å². The van der Waals surface area contributed by atoms with Gasteiger partial charge in [-0.25, -0.2) is 0 Å². The Morgan fingerprint density at radius 2 is 1.83 bits per heavy atom. The van der Waals surface area contributed by atoms with Gasteiger partial charge in [0.25, 0.3) is 0 Å². The number of thioether (sulfide) groups is 1. The van der Waals surface area contributed by atoms with E-state index in [1.54, 1.807) is 7.11 Å². The molecule has 1 aliphatic rings. The van der Waals surface area contributed by atoms with Crippen LogP contribution in [0.25, 0.3) is 22.8 Å². The van der Waals surface area contributed by atoms with Gasteiger partial charge in [0, 0.05) is 17.7 Å². The molecule has 35 heavy (non-hydrogen) atoms. The smallest absolute Gasteiger partial charge is 0.237 e. The molecule has 182 valence electrons. The van der Waals surface area contributed by atoms with E-state index in [9.17, 15) is 0 Å². The third-order valence-electron chi connectivity index (χ3n) is 6.10. The second-order valence-corrected chi connectivity index (χ2v) is 9.80. The van der Waals surface area contributed by atoms with Crippen LogP contribution in [0.1, 0.15) is 44.1 Å². The zero-order valence-corrected chi connectivity index (χ0v) is 21.0. The molecule has 2 aromatic heterocycles. The van der Waals surface area contributed by atoms with Crippen LogP contribution in [0.15, 0.2) is 58.2 Å². The van der Waals surface area contributed by atoms with Crippen molar-refractivity contribution in [3.05, 3.63) is 60.0 Å². The Morgan fingerprint density at radius 1 is 1.06 bits per heavy atom. The van der Waals surface area contributed by atoms with E-state index < -0.39 is 0 Å². The molecular weight excluding hydrogens is 462 g/mol. The number of hydrogen-bond donors (Lipinski definition) is 0. The van der Waals surface area contributed by atoms with Gasteiger partial charge in [-0.2, -0.15) is 4.98 Å². The molecule has 9 heteroatoms. The Labute approximate surface area is 209 Å². The normalized spacial score (nSPS) is 15.7. The highest BCUT2D eigenvalue weighted by molar-refractivity contribution is 7.98. The highest BCUT2D eigenvalue weighted by Crippen LogP contribution is 2.29. The lowest BCUT2D eigenvalue weighted by Crippen LogP contribution is -2.16. The Balaban J connectivity index is 1.33. The summed E-state index contributed by atoms with van der Waals surface area (Å²) in [6.45, 7) is 5.86. The lowest BCUT2D eigenvalue weighted by molar-refractivity contribution is 0.0953.